The number of hydrogen-bond acceptors (Lipinski definition) is 3. The molecule has 0 aliphatic heterocycles. The third-order valence-corrected chi connectivity index (χ3v) is 3.95. The van der Waals surface area contributed by atoms with E-state index < -0.39 is 11.7 Å². The summed E-state index contributed by atoms with van der Waals surface area (Å²) in [6.45, 7) is 2.44. The number of nitrogens with two attached hydrogens (primary N) is 1. The van der Waals surface area contributed by atoms with Crippen LogP contribution in [0.5, 0.6) is 11.5 Å². The van der Waals surface area contributed by atoms with Crippen molar-refractivity contribution in [3.05, 3.63) is 57.3 Å². The summed E-state index contributed by atoms with van der Waals surface area (Å²) in [5, 5.41) is 0. The van der Waals surface area contributed by atoms with Gasteiger partial charge in [-0.15, -0.1) is 0 Å². The molecule has 0 aliphatic carbocycles. The summed E-state index contributed by atoms with van der Waals surface area (Å²) >= 11 is 3.42. The summed E-state index contributed by atoms with van der Waals surface area (Å²) in [5.41, 5.74) is 6.77. The van der Waals surface area contributed by atoms with Crippen LogP contribution in [0.4, 0.5) is 4.39 Å². The van der Waals surface area contributed by atoms with Gasteiger partial charge in [-0.2, -0.15) is 0 Å². The number of amides is 1. The van der Waals surface area contributed by atoms with Gasteiger partial charge in [-0.3, -0.25) is 4.79 Å². The van der Waals surface area contributed by atoms with Crippen LogP contribution in [0.2, 0.25) is 0 Å². The molecular weight excluding hydrogens is 365 g/mol. The zero-order valence-corrected chi connectivity index (χ0v) is 14.4. The summed E-state index contributed by atoms with van der Waals surface area (Å²) in [4.78, 5) is 11.5. The number of halogens is 2. The molecule has 0 aliphatic rings. The molecule has 2 N–H and O–H groups in total. The summed E-state index contributed by atoms with van der Waals surface area (Å²) in [5.74, 6) is -0.263. The van der Waals surface area contributed by atoms with Gasteiger partial charge in [-0.25, -0.2) is 4.39 Å². The van der Waals surface area contributed by atoms with Crippen molar-refractivity contribution in [3.8, 4) is 11.5 Å². The Kier molecular flexibility index (Phi) is 5.60. The van der Waals surface area contributed by atoms with E-state index in [0.717, 1.165) is 16.1 Å². The number of methoxy groups -OCH3 is 1. The zero-order valence-electron chi connectivity index (χ0n) is 12.9. The topological polar surface area (TPSA) is 61.5 Å². The van der Waals surface area contributed by atoms with Crippen LogP contribution >= 0.6 is 15.9 Å². The normalized spacial score (nSPS) is 10.4. The largest absolute Gasteiger partial charge is 0.496 e. The first-order valence-electron chi connectivity index (χ1n) is 7.03. The second kappa shape index (κ2) is 7.46. The molecule has 0 saturated carbocycles. The summed E-state index contributed by atoms with van der Waals surface area (Å²) in [6, 6.07) is 8.04. The van der Waals surface area contributed by atoms with E-state index in [0.29, 0.717) is 30.1 Å². The molecule has 0 fully saturated rings. The molecule has 0 radical (unpaired) electrons. The van der Waals surface area contributed by atoms with Crippen molar-refractivity contribution in [3.63, 3.8) is 0 Å². The minimum absolute atomic E-state index is 0.0321. The second-order valence-electron chi connectivity index (χ2n) is 4.88. The van der Waals surface area contributed by atoms with E-state index in [9.17, 15) is 9.18 Å². The molecule has 0 saturated heterocycles. The molecular formula is C17H17BrFNO3. The number of hydrogen-bond donors (Lipinski definition) is 1. The van der Waals surface area contributed by atoms with Gasteiger partial charge in [0.2, 0.25) is 0 Å². The van der Waals surface area contributed by atoms with Gasteiger partial charge in [0.25, 0.3) is 5.91 Å². The van der Waals surface area contributed by atoms with Crippen molar-refractivity contribution in [2.75, 3.05) is 13.7 Å². The van der Waals surface area contributed by atoms with Crippen LogP contribution < -0.4 is 15.2 Å². The standard InChI is InChI=1S/C17H17BrFNO3/c1-3-23-15-7-10(4-5-14(15)18)6-11-8-12(19)9-13(17(20)21)16(11)22-2/h4-5,7-9H,3,6H2,1-2H3,(H2,20,21). The SMILES string of the molecule is CCOc1cc(Cc2cc(F)cc(C(N)=O)c2OC)ccc1Br. The predicted molar refractivity (Wildman–Crippen MR) is 89.6 cm³/mol. The highest BCUT2D eigenvalue weighted by Gasteiger charge is 2.16. The summed E-state index contributed by atoms with van der Waals surface area (Å²) in [6.07, 6.45) is 0.383. The van der Waals surface area contributed by atoms with E-state index >= 15 is 0 Å². The Hall–Kier alpha value is -2.08. The second-order valence-corrected chi connectivity index (χ2v) is 5.74. The first kappa shape index (κ1) is 17.3. The number of rotatable bonds is 6. The number of benzene rings is 2. The van der Waals surface area contributed by atoms with E-state index in [4.69, 9.17) is 15.2 Å². The van der Waals surface area contributed by atoms with Crippen molar-refractivity contribution in [1.29, 1.82) is 0 Å². The minimum Gasteiger partial charge on any atom is -0.496 e. The van der Waals surface area contributed by atoms with Crippen LogP contribution in [-0.2, 0) is 6.42 Å². The number of carbonyl (C=O) groups is 1. The van der Waals surface area contributed by atoms with Crippen LogP contribution in [0, 0.1) is 5.82 Å². The number of ether oxygens (including phenoxy) is 2. The fourth-order valence-electron chi connectivity index (χ4n) is 2.35. The van der Waals surface area contributed by atoms with E-state index in [1.165, 1.54) is 13.2 Å². The van der Waals surface area contributed by atoms with Gasteiger partial charge in [0.05, 0.1) is 23.8 Å². The van der Waals surface area contributed by atoms with Gasteiger partial charge in [0.1, 0.15) is 17.3 Å². The van der Waals surface area contributed by atoms with Crippen LogP contribution in [-0.4, -0.2) is 19.6 Å². The molecule has 2 aromatic rings. The van der Waals surface area contributed by atoms with Gasteiger partial charge >= 0.3 is 0 Å². The van der Waals surface area contributed by atoms with E-state index in [2.05, 4.69) is 15.9 Å². The smallest absolute Gasteiger partial charge is 0.252 e. The van der Waals surface area contributed by atoms with Crippen LogP contribution in [0.25, 0.3) is 0 Å². The van der Waals surface area contributed by atoms with Crippen LogP contribution in [0.3, 0.4) is 0 Å². The van der Waals surface area contributed by atoms with Crippen molar-refractivity contribution < 1.29 is 18.7 Å². The maximum Gasteiger partial charge on any atom is 0.252 e. The molecule has 122 valence electrons. The fourth-order valence-corrected chi connectivity index (χ4v) is 2.71. The molecule has 0 aromatic heterocycles. The Morgan fingerprint density at radius 1 is 1.30 bits per heavy atom. The Morgan fingerprint density at radius 3 is 2.65 bits per heavy atom. The average molecular weight is 382 g/mol. The average Bonchev–Trinajstić information content (AvgIpc) is 2.50. The quantitative estimate of drug-likeness (QED) is 0.829. The molecule has 0 bridgehead atoms. The fraction of sp³-hybridized carbons (Fsp3) is 0.235. The number of primary amides is 1. The molecule has 0 atom stereocenters. The Balaban J connectivity index is 2.44. The van der Waals surface area contributed by atoms with E-state index in [1.54, 1.807) is 0 Å². The predicted octanol–water partition coefficient (Wildman–Crippen LogP) is 3.69. The molecule has 4 nitrogen and oxygen atoms in total. The molecule has 6 heteroatoms. The van der Waals surface area contributed by atoms with E-state index in [-0.39, 0.29) is 5.56 Å². The lowest BCUT2D eigenvalue weighted by Crippen LogP contribution is -2.14. The highest BCUT2D eigenvalue weighted by Crippen LogP contribution is 2.31. The molecule has 1 amide bonds. The minimum atomic E-state index is -0.728. The molecule has 23 heavy (non-hydrogen) atoms. The summed E-state index contributed by atoms with van der Waals surface area (Å²) in [7, 11) is 1.43. The van der Waals surface area contributed by atoms with Gasteiger partial charge in [0.15, 0.2) is 0 Å². The Bertz CT molecular complexity index is 734. The number of carbonyl (C=O) groups excluding carboxylic acids is 1. The van der Waals surface area contributed by atoms with E-state index in [1.807, 2.05) is 25.1 Å². The van der Waals surface area contributed by atoms with Crippen molar-refractivity contribution in [2.45, 2.75) is 13.3 Å². The van der Waals surface area contributed by atoms with Crippen LogP contribution in [0.1, 0.15) is 28.4 Å². The van der Waals surface area contributed by atoms with Gasteiger partial charge in [-0.1, -0.05) is 6.07 Å². The summed E-state index contributed by atoms with van der Waals surface area (Å²) < 4.78 is 25.4. The monoisotopic (exact) mass is 381 g/mol. The lowest BCUT2D eigenvalue weighted by atomic mass is 10.0. The first-order chi connectivity index (χ1) is 11.0. The lowest BCUT2D eigenvalue weighted by Gasteiger charge is -2.13. The maximum absolute atomic E-state index is 13.8. The highest BCUT2D eigenvalue weighted by molar-refractivity contribution is 9.10. The van der Waals surface area contributed by atoms with Crippen molar-refractivity contribution >= 4 is 21.8 Å². The zero-order chi connectivity index (χ0) is 17.0. The third kappa shape index (κ3) is 4.01. The Labute approximate surface area is 142 Å². The lowest BCUT2D eigenvalue weighted by molar-refractivity contribution is 0.0996. The molecule has 2 rings (SSSR count). The van der Waals surface area contributed by atoms with Crippen molar-refractivity contribution in [2.24, 2.45) is 5.73 Å². The third-order valence-electron chi connectivity index (χ3n) is 3.29. The first-order valence-corrected chi connectivity index (χ1v) is 7.83. The Morgan fingerprint density at radius 2 is 2.04 bits per heavy atom. The van der Waals surface area contributed by atoms with Crippen LogP contribution in [0.15, 0.2) is 34.8 Å². The van der Waals surface area contributed by atoms with Gasteiger partial charge in [0, 0.05) is 12.0 Å². The highest BCUT2D eigenvalue weighted by atomic mass is 79.9. The molecule has 0 spiro atoms. The maximum atomic E-state index is 13.8. The van der Waals surface area contributed by atoms with Gasteiger partial charge in [-0.05, 0) is 52.7 Å². The molecule has 2 aromatic carbocycles. The van der Waals surface area contributed by atoms with Gasteiger partial charge < -0.3 is 15.2 Å². The van der Waals surface area contributed by atoms with Crippen molar-refractivity contribution in [1.82, 2.24) is 0 Å². The molecule has 0 heterocycles. The molecule has 0 unspecified atom stereocenters.